The molecule has 0 unspecified atom stereocenters. The zero-order valence-electron chi connectivity index (χ0n) is 16.2. The number of hydrogen-bond acceptors (Lipinski definition) is 8. The summed E-state index contributed by atoms with van der Waals surface area (Å²) in [4.78, 5) is 20.0. The quantitative estimate of drug-likeness (QED) is 0.780. The van der Waals surface area contributed by atoms with E-state index in [4.69, 9.17) is 18.7 Å². The molecule has 1 aromatic carbocycles. The monoisotopic (exact) mass is 398 g/mol. The lowest BCUT2D eigenvalue weighted by atomic mass is 9.96. The van der Waals surface area contributed by atoms with E-state index in [9.17, 15) is 4.79 Å². The third-order valence-corrected chi connectivity index (χ3v) is 5.68. The van der Waals surface area contributed by atoms with Crippen molar-refractivity contribution in [3.8, 4) is 17.2 Å². The molecular weight excluding hydrogens is 376 g/mol. The maximum absolute atomic E-state index is 11.6. The predicted molar refractivity (Wildman–Crippen MR) is 103 cm³/mol. The Bertz CT molecular complexity index is 946. The molecule has 4 heterocycles. The maximum Gasteiger partial charge on any atom is 0.409 e. The fourth-order valence-corrected chi connectivity index (χ4v) is 3.98. The molecule has 3 aliphatic rings. The average Bonchev–Trinajstić information content (AvgIpc) is 3.31. The largest absolute Gasteiger partial charge is 0.453 e. The van der Waals surface area contributed by atoms with E-state index in [0.29, 0.717) is 43.9 Å². The van der Waals surface area contributed by atoms with Gasteiger partial charge in [-0.3, -0.25) is 0 Å². The molecule has 0 aliphatic carbocycles. The average molecular weight is 398 g/mol. The molecule has 0 atom stereocenters. The number of carbonyl (C=O) groups is 1. The second-order valence-corrected chi connectivity index (χ2v) is 7.43. The topological polar surface area (TPSA) is 90.2 Å². The fourth-order valence-electron chi connectivity index (χ4n) is 3.98. The molecule has 9 nitrogen and oxygen atoms in total. The lowest BCUT2D eigenvalue weighted by molar-refractivity contribution is 0.00945. The highest BCUT2D eigenvalue weighted by Gasteiger charge is 2.36. The summed E-state index contributed by atoms with van der Waals surface area (Å²) < 4.78 is 21.4. The molecule has 0 saturated carbocycles. The van der Waals surface area contributed by atoms with Crippen molar-refractivity contribution >= 4 is 11.8 Å². The van der Waals surface area contributed by atoms with Crippen LogP contribution in [-0.4, -0.2) is 60.6 Å². The number of aromatic nitrogens is 2. The van der Waals surface area contributed by atoms with Crippen molar-refractivity contribution in [1.29, 1.82) is 0 Å². The molecule has 1 amide bonds. The van der Waals surface area contributed by atoms with Crippen molar-refractivity contribution in [3.63, 3.8) is 0 Å². The van der Waals surface area contributed by atoms with E-state index in [1.807, 2.05) is 18.2 Å². The number of rotatable bonds is 3. The van der Waals surface area contributed by atoms with Crippen LogP contribution < -0.4 is 9.64 Å². The van der Waals surface area contributed by atoms with Crippen molar-refractivity contribution < 1.29 is 23.5 Å². The van der Waals surface area contributed by atoms with Crippen molar-refractivity contribution in [1.82, 2.24) is 15.0 Å². The van der Waals surface area contributed by atoms with E-state index in [1.165, 1.54) is 7.11 Å². The summed E-state index contributed by atoms with van der Waals surface area (Å²) in [6, 6.07) is 6.03. The van der Waals surface area contributed by atoms with Gasteiger partial charge in [-0.25, -0.2) is 4.79 Å². The van der Waals surface area contributed by atoms with E-state index in [2.05, 4.69) is 21.6 Å². The van der Waals surface area contributed by atoms with Crippen molar-refractivity contribution in [3.05, 3.63) is 36.5 Å². The number of carbonyl (C=O) groups excluding carboxylic acids is 1. The Kier molecular flexibility index (Phi) is 4.39. The van der Waals surface area contributed by atoms with Crippen LogP contribution in [0.2, 0.25) is 0 Å². The van der Waals surface area contributed by atoms with Gasteiger partial charge in [-0.05, 0) is 37.6 Å². The third-order valence-electron chi connectivity index (χ3n) is 5.68. The Morgan fingerprint density at radius 3 is 2.76 bits per heavy atom. The number of piperidine rings is 1. The molecule has 2 fully saturated rings. The van der Waals surface area contributed by atoms with Crippen molar-refractivity contribution in [2.75, 3.05) is 38.3 Å². The Balaban J connectivity index is 1.33. The van der Waals surface area contributed by atoms with Gasteiger partial charge in [0.2, 0.25) is 0 Å². The van der Waals surface area contributed by atoms with Crippen LogP contribution in [0.4, 0.5) is 10.5 Å². The molecule has 29 heavy (non-hydrogen) atoms. The van der Waals surface area contributed by atoms with Gasteiger partial charge in [-0.2, -0.15) is 4.98 Å². The molecule has 3 aliphatic heterocycles. The minimum Gasteiger partial charge on any atom is -0.453 e. The highest BCUT2D eigenvalue weighted by molar-refractivity contribution is 5.73. The van der Waals surface area contributed by atoms with Crippen LogP contribution in [0, 0.1) is 0 Å². The van der Waals surface area contributed by atoms with Crippen LogP contribution in [0.15, 0.2) is 35.2 Å². The maximum atomic E-state index is 11.6. The predicted octanol–water partition coefficient (Wildman–Crippen LogP) is 2.75. The van der Waals surface area contributed by atoms with E-state index in [0.717, 1.165) is 29.8 Å². The minimum absolute atomic E-state index is 0.162. The van der Waals surface area contributed by atoms with Gasteiger partial charge in [0.1, 0.15) is 0 Å². The summed E-state index contributed by atoms with van der Waals surface area (Å²) in [5.41, 5.74) is 1.77. The van der Waals surface area contributed by atoms with Gasteiger partial charge in [0.15, 0.2) is 17.5 Å². The lowest BCUT2D eigenvalue weighted by Gasteiger charge is -2.35. The number of anilines is 1. The Morgan fingerprint density at radius 1 is 1.28 bits per heavy atom. The number of benzene rings is 1. The SMILES string of the molecule is C=C1Oc2ccc(-c3nc(C4CCN(C(=O)OC)CC4)no3)cc2N1C1COC1. The molecule has 0 spiro atoms. The molecule has 2 aromatic rings. The number of likely N-dealkylation sites (tertiary alicyclic amines) is 1. The van der Waals surface area contributed by atoms with Crippen LogP contribution >= 0.6 is 0 Å². The Labute approximate surface area is 167 Å². The fraction of sp³-hybridized carbons (Fsp3) is 0.450. The van der Waals surface area contributed by atoms with Crippen LogP contribution in [0.3, 0.4) is 0 Å². The first-order valence-electron chi connectivity index (χ1n) is 9.68. The number of ether oxygens (including phenoxy) is 3. The summed E-state index contributed by atoms with van der Waals surface area (Å²) in [5, 5.41) is 4.19. The zero-order chi connectivity index (χ0) is 20.0. The number of hydrogen-bond donors (Lipinski definition) is 0. The first-order valence-corrected chi connectivity index (χ1v) is 9.68. The van der Waals surface area contributed by atoms with Gasteiger partial charge in [0.25, 0.3) is 5.89 Å². The summed E-state index contributed by atoms with van der Waals surface area (Å²) in [7, 11) is 1.40. The molecule has 9 heteroatoms. The van der Waals surface area contributed by atoms with Crippen molar-refractivity contribution in [2.45, 2.75) is 24.8 Å². The summed E-state index contributed by atoms with van der Waals surface area (Å²) in [6.07, 6.45) is 1.27. The first-order chi connectivity index (χ1) is 14.1. The van der Waals surface area contributed by atoms with E-state index >= 15 is 0 Å². The molecule has 0 radical (unpaired) electrons. The van der Waals surface area contributed by atoms with Crippen LogP contribution in [0.1, 0.15) is 24.6 Å². The normalized spacial score (nSPS) is 19.7. The zero-order valence-corrected chi connectivity index (χ0v) is 16.2. The van der Waals surface area contributed by atoms with Gasteiger partial charge in [0.05, 0.1) is 32.1 Å². The van der Waals surface area contributed by atoms with Gasteiger partial charge < -0.3 is 28.5 Å². The lowest BCUT2D eigenvalue weighted by Crippen LogP contribution is -2.47. The van der Waals surface area contributed by atoms with Gasteiger partial charge >= 0.3 is 6.09 Å². The highest BCUT2D eigenvalue weighted by Crippen LogP contribution is 2.43. The summed E-state index contributed by atoms with van der Waals surface area (Å²) >= 11 is 0. The number of methoxy groups -OCH3 is 1. The molecular formula is C20H22N4O5. The van der Waals surface area contributed by atoms with Crippen LogP contribution in [-0.2, 0) is 9.47 Å². The summed E-state index contributed by atoms with van der Waals surface area (Å²) in [6.45, 7) is 6.56. The van der Waals surface area contributed by atoms with Crippen molar-refractivity contribution in [2.24, 2.45) is 0 Å². The van der Waals surface area contributed by atoms with Gasteiger partial charge in [0, 0.05) is 24.6 Å². The smallest absolute Gasteiger partial charge is 0.409 e. The standard InChI is InChI=1S/C20H22N4O5/c1-12-24(15-10-27-11-15)16-9-14(3-4-17(16)28-12)19-21-18(22-29-19)13-5-7-23(8-6-13)20(25)26-2/h3-4,9,13,15H,1,5-8,10-11H2,2H3. The van der Waals surface area contributed by atoms with Gasteiger partial charge in [-0.1, -0.05) is 5.16 Å². The van der Waals surface area contributed by atoms with Gasteiger partial charge in [-0.15, -0.1) is 0 Å². The highest BCUT2D eigenvalue weighted by atomic mass is 16.5. The molecule has 0 N–H and O–H groups in total. The first kappa shape index (κ1) is 18.0. The van der Waals surface area contributed by atoms with Crippen LogP contribution in [0.25, 0.3) is 11.5 Å². The minimum atomic E-state index is -0.291. The third kappa shape index (κ3) is 3.11. The Morgan fingerprint density at radius 2 is 2.07 bits per heavy atom. The molecule has 1 aromatic heterocycles. The Hall–Kier alpha value is -3.07. The molecule has 5 rings (SSSR count). The second-order valence-electron chi connectivity index (χ2n) is 7.43. The molecule has 2 saturated heterocycles. The number of nitrogens with zero attached hydrogens (tertiary/aromatic N) is 4. The molecule has 152 valence electrons. The van der Waals surface area contributed by atoms with E-state index < -0.39 is 0 Å². The number of amides is 1. The van der Waals surface area contributed by atoms with E-state index in [-0.39, 0.29) is 18.1 Å². The van der Waals surface area contributed by atoms with E-state index in [1.54, 1.807) is 4.90 Å². The second kappa shape index (κ2) is 7.07. The number of fused-ring (bicyclic) bond motifs is 1. The summed E-state index contributed by atoms with van der Waals surface area (Å²) in [5.74, 6) is 2.68. The van der Waals surface area contributed by atoms with Crippen LogP contribution in [0.5, 0.6) is 5.75 Å². The molecule has 0 bridgehead atoms.